The van der Waals surface area contributed by atoms with E-state index >= 15 is 0 Å². The summed E-state index contributed by atoms with van der Waals surface area (Å²) in [4.78, 5) is 15.6. The Kier molecular flexibility index (Phi) is 1.33. The zero-order valence-corrected chi connectivity index (χ0v) is 8.34. The van der Waals surface area contributed by atoms with Crippen molar-refractivity contribution < 1.29 is 4.79 Å². The van der Waals surface area contributed by atoms with Crippen LogP contribution in [0.25, 0.3) is 0 Å². The van der Waals surface area contributed by atoms with Gasteiger partial charge in [-0.2, -0.15) is 15.5 Å². The lowest BCUT2D eigenvalue weighted by atomic mass is 9.60. The van der Waals surface area contributed by atoms with Crippen molar-refractivity contribution in [2.24, 2.45) is 33.4 Å². The van der Waals surface area contributed by atoms with E-state index in [4.69, 9.17) is 5.73 Å². The maximum absolute atomic E-state index is 11.9. The van der Waals surface area contributed by atoms with Gasteiger partial charge in [0.25, 0.3) is 5.91 Å². The molecule has 2 aliphatic carbocycles. The van der Waals surface area contributed by atoms with Crippen molar-refractivity contribution in [1.82, 2.24) is 0 Å². The number of aliphatic imine (C=N–C) groups is 1. The molecular formula is C11H8N4O. The quantitative estimate of drug-likeness (QED) is 0.575. The Morgan fingerprint density at radius 2 is 1.88 bits per heavy atom. The van der Waals surface area contributed by atoms with Crippen LogP contribution in [0.5, 0.6) is 0 Å². The van der Waals surface area contributed by atoms with Crippen molar-refractivity contribution >= 4 is 11.7 Å². The topological polar surface area (TPSA) is 103 Å². The molecule has 1 saturated carbocycles. The molecule has 4 atom stereocenters. The molecule has 3 aliphatic rings. The SMILES string of the molecule is N#C[C@]12C(N)=NC(=O)[C@]1(C#N)[C@H]1C=C[C@@H]2C1. The third kappa shape index (κ3) is 0.563. The highest BCUT2D eigenvalue weighted by Crippen LogP contribution is 2.66. The van der Waals surface area contributed by atoms with E-state index in [0.717, 1.165) is 0 Å². The molecule has 0 aromatic heterocycles. The van der Waals surface area contributed by atoms with Gasteiger partial charge in [-0.05, 0) is 6.42 Å². The minimum absolute atomic E-state index is 0.0124. The molecule has 0 saturated heterocycles. The molecule has 2 bridgehead atoms. The minimum Gasteiger partial charge on any atom is -0.386 e. The number of hydrogen-bond donors (Lipinski definition) is 1. The van der Waals surface area contributed by atoms with E-state index in [9.17, 15) is 15.3 Å². The zero-order chi connectivity index (χ0) is 11.6. The third-order valence-corrected chi connectivity index (χ3v) is 4.13. The van der Waals surface area contributed by atoms with Crippen LogP contribution in [0.15, 0.2) is 17.1 Å². The summed E-state index contributed by atoms with van der Waals surface area (Å²) in [5.74, 6) is -0.916. The summed E-state index contributed by atoms with van der Waals surface area (Å²) in [6.07, 6.45) is 4.36. The monoisotopic (exact) mass is 212 g/mol. The predicted octanol–water partition coefficient (Wildman–Crippen LogP) is 0.110. The van der Waals surface area contributed by atoms with E-state index in [1.165, 1.54) is 0 Å². The van der Waals surface area contributed by atoms with Crippen molar-refractivity contribution in [2.75, 3.05) is 0 Å². The number of nitrogens with two attached hydrogens (primary N) is 1. The molecule has 1 heterocycles. The van der Waals surface area contributed by atoms with E-state index in [1.807, 2.05) is 18.2 Å². The first-order valence-corrected chi connectivity index (χ1v) is 5.03. The molecule has 2 N–H and O–H groups in total. The molecule has 0 aromatic carbocycles. The number of carbonyl (C=O) groups is 1. The van der Waals surface area contributed by atoms with Crippen molar-refractivity contribution in [2.45, 2.75) is 6.42 Å². The summed E-state index contributed by atoms with van der Waals surface area (Å²) in [5, 5.41) is 18.7. The van der Waals surface area contributed by atoms with Gasteiger partial charge in [0.15, 0.2) is 5.41 Å². The highest BCUT2D eigenvalue weighted by Gasteiger charge is 2.76. The summed E-state index contributed by atoms with van der Waals surface area (Å²) >= 11 is 0. The minimum atomic E-state index is -1.37. The Balaban J connectivity index is 2.37. The number of hydrogen-bond acceptors (Lipinski definition) is 4. The molecule has 3 rings (SSSR count). The number of amides is 1. The van der Waals surface area contributed by atoms with Gasteiger partial charge in [-0.3, -0.25) is 4.79 Å². The van der Waals surface area contributed by atoms with Crippen molar-refractivity contribution in [1.29, 1.82) is 10.5 Å². The molecular weight excluding hydrogens is 204 g/mol. The lowest BCUT2D eigenvalue weighted by Crippen LogP contribution is -2.50. The fourth-order valence-corrected chi connectivity index (χ4v) is 3.38. The molecule has 1 amide bonds. The van der Waals surface area contributed by atoms with Gasteiger partial charge >= 0.3 is 0 Å². The van der Waals surface area contributed by atoms with Crippen LogP contribution in [0.2, 0.25) is 0 Å². The second kappa shape index (κ2) is 2.33. The van der Waals surface area contributed by atoms with E-state index < -0.39 is 16.7 Å². The number of nitriles is 2. The van der Waals surface area contributed by atoms with Gasteiger partial charge in [-0.1, -0.05) is 12.2 Å². The summed E-state index contributed by atoms with van der Waals surface area (Å²) in [6, 6.07) is 4.12. The van der Waals surface area contributed by atoms with Crippen molar-refractivity contribution in [3.63, 3.8) is 0 Å². The van der Waals surface area contributed by atoms with Gasteiger partial charge in [-0.25, -0.2) is 0 Å². The zero-order valence-electron chi connectivity index (χ0n) is 8.34. The largest absolute Gasteiger partial charge is 0.386 e. The van der Waals surface area contributed by atoms with Gasteiger partial charge in [0.1, 0.15) is 11.3 Å². The average Bonchev–Trinajstić information content (AvgIpc) is 2.89. The first-order valence-electron chi connectivity index (χ1n) is 5.03. The summed E-state index contributed by atoms with van der Waals surface area (Å²) in [5.41, 5.74) is 3.13. The van der Waals surface area contributed by atoms with E-state index in [2.05, 4.69) is 11.1 Å². The number of allylic oxidation sites excluding steroid dienone is 2. The van der Waals surface area contributed by atoms with Gasteiger partial charge in [0.05, 0.1) is 12.1 Å². The number of rotatable bonds is 0. The van der Waals surface area contributed by atoms with Crippen LogP contribution in [-0.4, -0.2) is 11.7 Å². The van der Waals surface area contributed by atoms with E-state index in [0.29, 0.717) is 6.42 Å². The fraction of sp³-hybridized carbons (Fsp3) is 0.455. The molecule has 0 aromatic rings. The fourth-order valence-electron chi connectivity index (χ4n) is 3.38. The number of carbonyl (C=O) groups excluding carboxylic acids is 1. The smallest absolute Gasteiger partial charge is 0.270 e. The normalized spacial score (nSPS) is 47.4. The van der Waals surface area contributed by atoms with Crippen LogP contribution in [0.4, 0.5) is 0 Å². The molecule has 5 heteroatoms. The highest BCUT2D eigenvalue weighted by atomic mass is 16.2. The Bertz CT molecular complexity index is 549. The maximum Gasteiger partial charge on any atom is 0.270 e. The second-order valence-corrected chi connectivity index (χ2v) is 4.48. The summed E-state index contributed by atoms with van der Waals surface area (Å²) < 4.78 is 0. The molecule has 0 spiro atoms. The van der Waals surface area contributed by atoms with Crippen LogP contribution in [0.1, 0.15) is 6.42 Å². The van der Waals surface area contributed by atoms with Gasteiger partial charge < -0.3 is 5.73 Å². The number of amidine groups is 1. The molecule has 5 nitrogen and oxygen atoms in total. The second-order valence-electron chi connectivity index (χ2n) is 4.48. The van der Waals surface area contributed by atoms with Crippen LogP contribution in [0.3, 0.4) is 0 Å². The third-order valence-electron chi connectivity index (χ3n) is 4.13. The molecule has 1 aliphatic heterocycles. The van der Waals surface area contributed by atoms with Crippen LogP contribution < -0.4 is 5.73 Å². The van der Waals surface area contributed by atoms with Gasteiger partial charge in [-0.15, -0.1) is 0 Å². The Morgan fingerprint density at radius 1 is 1.31 bits per heavy atom. The molecule has 16 heavy (non-hydrogen) atoms. The lowest BCUT2D eigenvalue weighted by Gasteiger charge is -2.34. The first kappa shape index (κ1) is 9.11. The van der Waals surface area contributed by atoms with E-state index in [-0.39, 0.29) is 17.7 Å². The van der Waals surface area contributed by atoms with Gasteiger partial charge in [0.2, 0.25) is 0 Å². The van der Waals surface area contributed by atoms with Gasteiger partial charge in [0, 0.05) is 11.8 Å². The van der Waals surface area contributed by atoms with E-state index in [1.54, 1.807) is 0 Å². The van der Waals surface area contributed by atoms with Crippen LogP contribution in [0, 0.1) is 45.3 Å². The van der Waals surface area contributed by atoms with Crippen LogP contribution in [-0.2, 0) is 4.79 Å². The maximum atomic E-state index is 11.9. The molecule has 0 radical (unpaired) electrons. The molecule has 0 unspecified atom stereocenters. The molecule has 78 valence electrons. The molecule has 1 fully saturated rings. The average molecular weight is 212 g/mol. The van der Waals surface area contributed by atoms with Crippen molar-refractivity contribution in [3.05, 3.63) is 12.2 Å². The number of nitrogens with zero attached hydrogens (tertiary/aromatic N) is 3. The summed E-state index contributed by atoms with van der Waals surface area (Å²) in [7, 11) is 0. The Morgan fingerprint density at radius 3 is 2.38 bits per heavy atom. The van der Waals surface area contributed by atoms with Crippen molar-refractivity contribution in [3.8, 4) is 12.1 Å². The first-order chi connectivity index (χ1) is 7.63. The summed E-state index contributed by atoms with van der Waals surface area (Å²) in [6.45, 7) is 0. The standard InChI is InChI=1S/C11H8N4O/c12-4-10-6-1-2-7(3-6)11(10,5-13)9(16)15-8(10)14/h1-2,6-7H,3H2,(H2,14,15,16)/t6-,7+,10+,11+/m1/s1. The lowest BCUT2D eigenvalue weighted by molar-refractivity contribution is -0.126. The predicted molar refractivity (Wildman–Crippen MR) is 53.5 cm³/mol. The Labute approximate surface area is 91.9 Å². The Hall–Kier alpha value is -2.14. The van der Waals surface area contributed by atoms with Crippen LogP contribution >= 0.6 is 0 Å². The number of fused-ring (bicyclic) bond motifs is 5. The highest BCUT2D eigenvalue weighted by molar-refractivity contribution is 6.12.